The van der Waals surface area contributed by atoms with Crippen molar-refractivity contribution in [3.8, 4) is 0 Å². The summed E-state index contributed by atoms with van der Waals surface area (Å²) in [7, 11) is 2.25. The predicted molar refractivity (Wildman–Crippen MR) is 92.7 cm³/mol. The molecule has 0 spiro atoms. The zero-order chi connectivity index (χ0) is 14.8. The highest BCUT2D eigenvalue weighted by Crippen LogP contribution is 2.22. The molecule has 1 unspecified atom stereocenters. The van der Waals surface area contributed by atoms with E-state index >= 15 is 0 Å². The second-order valence-electron chi connectivity index (χ2n) is 6.07. The van der Waals surface area contributed by atoms with Gasteiger partial charge in [0.15, 0.2) is 0 Å². The number of aromatic nitrogens is 1. The van der Waals surface area contributed by atoms with E-state index < -0.39 is 0 Å². The molecule has 3 nitrogen and oxygen atoms in total. The minimum atomic E-state index is 0.469. The summed E-state index contributed by atoms with van der Waals surface area (Å²) in [6.07, 6.45) is 7.42. The van der Waals surface area contributed by atoms with Gasteiger partial charge in [0.05, 0.1) is 0 Å². The molecule has 1 saturated heterocycles. The molecular weight excluding hydrogens is 278 g/mol. The van der Waals surface area contributed by atoms with Gasteiger partial charge in [0.25, 0.3) is 0 Å². The monoisotopic (exact) mass is 301 g/mol. The maximum Gasteiger partial charge on any atom is 0.104 e. The zero-order valence-electron chi connectivity index (χ0n) is 12.6. The van der Waals surface area contributed by atoms with Crippen molar-refractivity contribution in [3.63, 3.8) is 0 Å². The summed E-state index contributed by atoms with van der Waals surface area (Å²) in [5.74, 6) is 0. The van der Waals surface area contributed by atoms with Crippen molar-refractivity contribution in [1.29, 1.82) is 0 Å². The first kappa shape index (κ1) is 14.5. The number of thiocarbonyl (C=S) groups is 1. The Labute approximate surface area is 131 Å². The molecule has 112 valence electrons. The average Bonchev–Trinajstić information content (AvgIpc) is 2.88. The van der Waals surface area contributed by atoms with Crippen LogP contribution in [0.15, 0.2) is 30.5 Å². The van der Waals surface area contributed by atoms with Crippen molar-refractivity contribution in [2.45, 2.75) is 38.3 Å². The van der Waals surface area contributed by atoms with Gasteiger partial charge in [-0.15, -0.1) is 0 Å². The fourth-order valence-corrected chi connectivity index (χ4v) is 3.46. The van der Waals surface area contributed by atoms with E-state index in [1.54, 1.807) is 0 Å². The fraction of sp³-hybridized carbons (Fsp3) is 0.471. The van der Waals surface area contributed by atoms with E-state index in [2.05, 4.69) is 40.9 Å². The molecule has 1 atom stereocenters. The third kappa shape index (κ3) is 3.11. The SMILES string of the molecule is CN1CCCCC1CCn1ccc2ccc(C(N)=S)cc21. The molecule has 1 aliphatic rings. The van der Waals surface area contributed by atoms with E-state index in [4.69, 9.17) is 18.0 Å². The van der Waals surface area contributed by atoms with Crippen molar-refractivity contribution < 1.29 is 0 Å². The van der Waals surface area contributed by atoms with Gasteiger partial charge in [-0.25, -0.2) is 0 Å². The number of piperidine rings is 1. The predicted octanol–water partition coefficient (Wildman–Crippen LogP) is 3.15. The summed E-state index contributed by atoms with van der Waals surface area (Å²) in [6.45, 7) is 2.29. The van der Waals surface area contributed by atoms with E-state index in [0.29, 0.717) is 4.99 Å². The highest BCUT2D eigenvalue weighted by Gasteiger charge is 2.18. The fourth-order valence-electron chi connectivity index (χ4n) is 3.33. The smallest absolute Gasteiger partial charge is 0.104 e. The number of hydrogen-bond acceptors (Lipinski definition) is 2. The van der Waals surface area contributed by atoms with Gasteiger partial charge in [-0.1, -0.05) is 30.8 Å². The Hall–Kier alpha value is -1.39. The Kier molecular flexibility index (Phi) is 4.27. The first-order valence-electron chi connectivity index (χ1n) is 7.74. The summed E-state index contributed by atoms with van der Waals surface area (Å²) in [6, 6.07) is 9.11. The standard InChI is InChI=1S/C17H23N3S/c1-19-9-3-2-4-15(19)8-11-20-10-7-13-5-6-14(17(18)21)12-16(13)20/h5-7,10,12,15H,2-4,8-9,11H2,1H3,(H2,18,21). The van der Waals surface area contributed by atoms with E-state index in [0.717, 1.165) is 18.2 Å². The average molecular weight is 301 g/mol. The minimum Gasteiger partial charge on any atom is -0.389 e. The molecule has 1 aliphatic heterocycles. The third-order valence-electron chi connectivity index (χ3n) is 4.68. The molecule has 21 heavy (non-hydrogen) atoms. The van der Waals surface area contributed by atoms with Gasteiger partial charge in [0.2, 0.25) is 0 Å². The Morgan fingerprint density at radius 1 is 1.33 bits per heavy atom. The summed E-state index contributed by atoms with van der Waals surface area (Å²) in [5.41, 5.74) is 7.93. The number of benzene rings is 1. The number of nitrogens with zero attached hydrogens (tertiary/aromatic N) is 2. The maximum atomic E-state index is 5.75. The molecule has 0 saturated carbocycles. The molecule has 1 aromatic heterocycles. The van der Waals surface area contributed by atoms with Crippen LogP contribution >= 0.6 is 12.2 Å². The zero-order valence-corrected chi connectivity index (χ0v) is 13.4. The van der Waals surface area contributed by atoms with E-state index in [1.165, 1.54) is 43.1 Å². The first-order chi connectivity index (χ1) is 10.1. The first-order valence-corrected chi connectivity index (χ1v) is 8.15. The molecular formula is C17H23N3S. The van der Waals surface area contributed by atoms with E-state index in [9.17, 15) is 0 Å². The van der Waals surface area contributed by atoms with Crippen LogP contribution in [0, 0.1) is 0 Å². The van der Waals surface area contributed by atoms with Crippen LogP contribution in [0.25, 0.3) is 10.9 Å². The van der Waals surface area contributed by atoms with Crippen LogP contribution < -0.4 is 5.73 Å². The molecule has 0 aliphatic carbocycles. The third-order valence-corrected chi connectivity index (χ3v) is 4.92. The Balaban J connectivity index is 1.77. The molecule has 1 aromatic carbocycles. The molecule has 2 heterocycles. The van der Waals surface area contributed by atoms with Crippen LogP contribution in [0.3, 0.4) is 0 Å². The Morgan fingerprint density at radius 2 is 2.19 bits per heavy atom. The van der Waals surface area contributed by atoms with Crippen LogP contribution in [0.4, 0.5) is 0 Å². The van der Waals surface area contributed by atoms with Gasteiger partial charge in [0.1, 0.15) is 4.99 Å². The van der Waals surface area contributed by atoms with Crippen molar-refractivity contribution in [2.24, 2.45) is 5.73 Å². The van der Waals surface area contributed by atoms with Gasteiger partial charge in [0, 0.05) is 29.9 Å². The Bertz CT molecular complexity index is 647. The van der Waals surface area contributed by atoms with Crippen LogP contribution in [-0.4, -0.2) is 34.1 Å². The molecule has 0 amide bonds. The molecule has 3 rings (SSSR count). The molecule has 0 bridgehead atoms. The van der Waals surface area contributed by atoms with Gasteiger partial charge in [-0.2, -0.15) is 0 Å². The number of aryl methyl sites for hydroxylation is 1. The number of fused-ring (bicyclic) bond motifs is 1. The number of rotatable bonds is 4. The lowest BCUT2D eigenvalue weighted by Crippen LogP contribution is -2.36. The molecule has 2 aromatic rings. The summed E-state index contributed by atoms with van der Waals surface area (Å²) in [4.78, 5) is 2.98. The van der Waals surface area contributed by atoms with Crippen LogP contribution in [-0.2, 0) is 6.54 Å². The summed E-state index contributed by atoms with van der Waals surface area (Å²) < 4.78 is 2.33. The second kappa shape index (κ2) is 6.16. The van der Waals surface area contributed by atoms with Crippen LogP contribution in [0.2, 0.25) is 0 Å². The molecule has 1 fully saturated rings. The van der Waals surface area contributed by atoms with Crippen LogP contribution in [0.5, 0.6) is 0 Å². The normalized spacial score (nSPS) is 20.0. The lowest BCUT2D eigenvalue weighted by molar-refractivity contribution is 0.171. The largest absolute Gasteiger partial charge is 0.389 e. The summed E-state index contributed by atoms with van der Waals surface area (Å²) >= 11 is 5.09. The van der Waals surface area contributed by atoms with Crippen molar-refractivity contribution in [2.75, 3.05) is 13.6 Å². The van der Waals surface area contributed by atoms with E-state index in [1.807, 2.05) is 6.07 Å². The van der Waals surface area contributed by atoms with Gasteiger partial charge in [-0.05, 0) is 50.4 Å². The lowest BCUT2D eigenvalue weighted by atomic mass is 10.0. The number of nitrogens with two attached hydrogens (primary N) is 1. The van der Waals surface area contributed by atoms with Gasteiger partial charge in [-0.3, -0.25) is 0 Å². The molecule has 2 N–H and O–H groups in total. The number of likely N-dealkylation sites (tertiary alicyclic amines) is 1. The minimum absolute atomic E-state index is 0.469. The van der Waals surface area contributed by atoms with Gasteiger partial charge >= 0.3 is 0 Å². The maximum absolute atomic E-state index is 5.75. The molecule has 4 heteroatoms. The highest BCUT2D eigenvalue weighted by atomic mass is 32.1. The summed E-state index contributed by atoms with van der Waals surface area (Å²) in [5, 5.41) is 1.26. The highest BCUT2D eigenvalue weighted by molar-refractivity contribution is 7.80. The molecule has 0 radical (unpaired) electrons. The van der Waals surface area contributed by atoms with Crippen molar-refractivity contribution in [3.05, 3.63) is 36.0 Å². The lowest BCUT2D eigenvalue weighted by Gasteiger charge is -2.32. The topological polar surface area (TPSA) is 34.2 Å². The van der Waals surface area contributed by atoms with E-state index in [-0.39, 0.29) is 0 Å². The van der Waals surface area contributed by atoms with Gasteiger partial charge < -0.3 is 15.2 Å². The Morgan fingerprint density at radius 3 is 2.95 bits per heavy atom. The quantitative estimate of drug-likeness (QED) is 0.881. The van der Waals surface area contributed by atoms with Crippen molar-refractivity contribution >= 4 is 28.1 Å². The van der Waals surface area contributed by atoms with Crippen LogP contribution in [0.1, 0.15) is 31.2 Å². The van der Waals surface area contributed by atoms with Crippen molar-refractivity contribution in [1.82, 2.24) is 9.47 Å². The second-order valence-corrected chi connectivity index (χ2v) is 6.51. The number of hydrogen-bond donors (Lipinski definition) is 1.